The predicted molar refractivity (Wildman–Crippen MR) is 105 cm³/mol. The number of rotatable bonds is 8. The zero-order chi connectivity index (χ0) is 21.7. The summed E-state index contributed by atoms with van der Waals surface area (Å²) in [6.07, 6.45) is 1.71. The van der Waals surface area contributed by atoms with E-state index in [1.807, 2.05) is 0 Å². The molecule has 1 atom stereocenters. The van der Waals surface area contributed by atoms with Crippen molar-refractivity contribution in [2.24, 2.45) is 0 Å². The molecule has 0 bridgehead atoms. The monoisotopic (exact) mass is 454 g/mol. The van der Waals surface area contributed by atoms with Crippen LogP contribution in [0.15, 0.2) is 40.3 Å². The first-order valence-electron chi connectivity index (χ1n) is 7.89. The number of hydrogen-bond donors (Lipinski definition) is 0. The van der Waals surface area contributed by atoms with E-state index in [1.54, 1.807) is 0 Å². The van der Waals surface area contributed by atoms with Crippen LogP contribution in [0, 0.1) is 10.1 Å². The minimum atomic E-state index is -1.64. The standard InChI is InChI=1S/C17H13ClN2O7S2/c18-10(7-9-1-3-11(4-2-9)20(26)27)8-13-15(23)19(17(28)29-13)12(16(24)25)5-6-14(21)22/h1-4,7-8,12H,5-6H2,(H,21,22)(H,24,25)/p-2. The number of thioether (sulfide) groups is 1. The normalized spacial score (nSPS) is 16.9. The molecule has 0 aliphatic carbocycles. The van der Waals surface area contributed by atoms with Crippen LogP contribution >= 0.6 is 35.6 Å². The number of carbonyl (C=O) groups is 3. The van der Waals surface area contributed by atoms with E-state index in [9.17, 15) is 34.7 Å². The van der Waals surface area contributed by atoms with Gasteiger partial charge >= 0.3 is 0 Å². The highest BCUT2D eigenvalue weighted by Crippen LogP contribution is 2.35. The third-order valence-corrected chi connectivity index (χ3v) is 5.26. The van der Waals surface area contributed by atoms with Crippen LogP contribution in [0.5, 0.6) is 0 Å². The van der Waals surface area contributed by atoms with Gasteiger partial charge in [0, 0.05) is 23.1 Å². The van der Waals surface area contributed by atoms with Gasteiger partial charge in [-0.15, -0.1) is 0 Å². The number of thiocarbonyl (C=S) groups is 1. The summed E-state index contributed by atoms with van der Waals surface area (Å²) >= 11 is 12.0. The maximum absolute atomic E-state index is 12.5. The molecule has 0 saturated carbocycles. The van der Waals surface area contributed by atoms with Crippen molar-refractivity contribution >= 4 is 69.5 Å². The lowest BCUT2D eigenvalue weighted by Crippen LogP contribution is -2.50. The summed E-state index contributed by atoms with van der Waals surface area (Å²) in [5.74, 6) is -3.86. The number of aliphatic carboxylic acids is 2. The number of nitrogens with zero attached hydrogens (tertiary/aromatic N) is 2. The lowest BCUT2D eigenvalue weighted by Gasteiger charge is -2.27. The first-order valence-corrected chi connectivity index (χ1v) is 9.50. The molecule has 1 fully saturated rings. The zero-order valence-corrected chi connectivity index (χ0v) is 16.8. The number of carboxylic acids is 2. The van der Waals surface area contributed by atoms with Gasteiger partial charge in [0.25, 0.3) is 11.6 Å². The average molecular weight is 455 g/mol. The number of allylic oxidation sites excluding steroid dienone is 2. The van der Waals surface area contributed by atoms with E-state index in [2.05, 4.69) is 0 Å². The molecule has 12 heteroatoms. The van der Waals surface area contributed by atoms with Gasteiger partial charge in [0.05, 0.1) is 21.8 Å². The Kier molecular flexibility index (Phi) is 7.48. The fraction of sp³-hybridized carbons (Fsp3) is 0.176. The number of halogens is 1. The molecule has 0 radical (unpaired) electrons. The van der Waals surface area contributed by atoms with Gasteiger partial charge in [-0.2, -0.15) is 0 Å². The zero-order valence-electron chi connectivity index (χ0n) is 14.4. The molecule has 1 unspecified atom stereocenters. The Hall–Kier alpha value is -2.76. The molecular formula is C17H11ClN2O7S2-2. The van der Waals surface area contributed by atoms with Crippen molar-refractivity contribution in [2.75, 3.05) is 0 Å². The molecule has 152 valence electrons. The first kappa shape index (κ1) is 22.5. The molecule has 1 aromatic rings. The van der Waals surface area contributed by atoms with Crippen LogP contribution in [0.2, 0.25) is 0 Å². The van der Waals surface area contributed by atoms with Crippen molar-refractivity contribution < 1.29 is 29.5 Å². The SMILES string of the molecule is O=C([O-])CCC(C(=O)[O-])N1C(=O)C(=CC(Cl)=Cc2ccc([N+](=O)[O-])cc2)SC1=S. The minimum absolute atomic E-state index is 0.0397. The minimum Gasteiger partial charge on any atom is -0.550 e. The van der Waals surface area contributed by atoms with Crippen LogP contribution in [0.25, 0.3) is 6.08 Å². The molecule has 1 aliphatic heterocycles. The number of amides is 1. The Bertz CT molecular complexity index is 944. The molecule has 0 N–H and O–H groups in total. The van der Waals surface area contributed by atoms with Crippen LogP contribution in [0.4, 0.5) is 5.69 Å². The second-order valence-electron chi connectivity index (χ2n) is 5.68. The highest BCUT2D eigenvalue weighted by Gasteiger charge is 2.37. The number of benzene rings is 1. The molecular weight excluding hydrogens is 444 g/mol. The first-order chi connectivity index (χ1) is 13.6. The molecule has 1 amide bonds. The van der Waals surface area contributed by atoms with Gasteiger partial charge in [-0.1, -0.05) is 35.6 Å². The molecule has 29 heavy (non-hydrogen) atoms. The molecule has 0 spiro atoms. The Morgan fingerprint density at radius 1 is 1.28 bits per heavy atom. The summed E-state index contributed by atoms with van der Waals surface area (Å²) in [7, 11) is 0. The Morgan fingerprint density at radius 2 is 1.90 bits per heavy atom. The van der Waals surface area contributed by atoms with E-state index in [-0.39, 0.29) is 19.9 Å². The summed E-state index contributed by atoms with van der Waals surface area (Å²) in [4.78, 5) is 45.4. The number of non-ortho nitro benzene ring substituents is 1. The van der Waals surface area contributed by atoms with E-state index >= 15 is 0 Å². The van der Waals surface area contributed by atoms with Crippen molar-refractivity contribution in [1.29, 1.82) is 0 Å². The Morgan fingerprint density at radius 3 is 2.41 bits per heavy atom. The number of carbonyl (C=O) groups excluding carboxylic acids is 3. The van der Waals surface area contributed by atoms with Crippen LogP contribution < -0.4 is 10.2 Å². The molecule has 0 aromatic heterocycles. The lowest BCUT2D eigenvalue weighted by atomic mass is 10.1. The van der Waals surface area contributed by atoms with E-state index in [1.165, 1.54) is 36.4 Å². The van der Waals surface area contributed by atoms with Gasteiger partial charge in [-0.05, 0) is 42.7 Å². The van der Waals surface area contributed by atoms with Gasteiger partial charge in [-0.3, -0.25) is 19.8 Å². The number of hydrogen-bond acceptors (Lipinski definition) is 9. The molecule has 1 heterocycles. The molecule has 2 rings (SSSR count). The quantitative estimate of drug-likeness (QED) is 0.238. The van der Waals surface area contributed by atoms with Crippen molar-refractivity contribution in [2.45, 2.75) is 18.9 Å². The second-order valence-corrected chi connectivity index (χ2v) is 7.79. The third-order valence-electron chi connectivity index (χ3n) is 3.71. The van der Waals surface area contributed by atoms with Crippen LogP contribution in [0.1, 0.15) is 18.4 Å². The highest BCUT2D eigenvalue weighted by atomic mass is 35.5. The fourth-order valence-corrected chi connectivity index (χ4v) is 4.02. The fourth-order valence-electron chi connectivity index (χ4n) is 2.37. The van der Waals surface area contributed by atoms with Crippen LogP contribution in [0.3, 0.4) is 0 Å². The predicted octanol–water partition coefficient (Wildman–Crippen LogP) is 0.567. The maximum Gasteiger partial charge on any atom is 0.269 e. The van der Waals surface area contributed by atoms with Gasteiger partial charge in [0.15, 0.2) is 0 Å². The van der Waals surface area contributed by atoms with Gasteiger partial charge < -0.3 is 19.8 Å². The van der Waals surface area contributed by atoms with Crippen molar-refractivity contribution in [3.8, 4) is 0 Å². The topological polar surface area (TPSA) is 144 Å². The molecule has 9 nitrogen and oxygen atoms in total. The third kappa shape index (κ3) is 5.86. The summed E-state index contributed by atoms with van der Waals surface area (Å²) in [6.45, 7) is 0. The van der Waals surface area contributed by atoms with E-state index in [0.29, 0.717) is 5.56 Å². The highest BCUT2D eigenvalue weighted by molar-refractivity contribution is 8.26. The van der Waals surface area contributed by atoms with Crippen molar-refractivity contribution in [1.82, 2.24) is 4.90 Å². The Labute approximate surface area is 178 Å². The smallest absolute Gasteiger partial charge is 0.269 e. The number of nitro groups is 1. The largest absolute Gasteiger partial charge is 0.550 e. The maximum atomic E-state index is 12.5. The van der Waals surface area contributed by atoms with Crippen molar-refractivity contribution in [3.63, 3.8) is 0 Å². The Balaban J connectivity index is 2.22. The summed E-state index contributed by atoms with van der Waals surface area (Å²) in [5, 5.41) is 32.7. The number of carboxylic acid groups (broad SMARTS) is 2. The van der Waals surface area contributed by atoms with Gasteiger partial charge in [-0.25, -0.2) is 0 Å². The lowest BCUT2D eigenvalue weighted by molar-refractivity contribution is -0.384. The van der Waals surface area contributed by atoms with Crippen LogP contribution in [-0.4, -0.2) is 38.0 Å². The summed E-state index contributed by atoms with van der Waals surface area (Å²) in [5.41, 5.74) is 0.443. The summed E-state index contributed by atoms with van der Waals surface area (Å²) < 4.78 is -0.0754. The molecule has 1 aliphatic rings. The van der Waals surface area contributed by atoms with Crippen molar-refractivity contribution in [3.05, 3.63) is 56.0 Å². The molecule has 1 saturated heterocycles. The average Bonchev–Trinajstić information content (AvgIpc) is 2.89. The van der Waals surface area contributed by atoms with E-state index in [4.69, 9.17) is 23.8 Å². The van der Waals surface area contributed by atoms with Gasteiger partial charge in [0.1, 0.15) is 4.32 Å². The van der Waals surface area contributed by atoms with Crippen LogP contribution in [-0.2, 0) is 14.4 Å². The number of nitro benzene ring substituents is 1. The van der Waals surface area contributed by atoms with E-state index < -0.39 is 41.7 Å². The second kappa shape index (κ2) is 9.63. The molecule has 1 aromatic carbocycles. The summed E-state index contributed by atoms with van der Waals surface area (Å²) in [6, 6.07) is 3.95. The van der Waals surface area contributed by atoms with E-state index in [0.717, 1.165) is 16.7 Å². The van der Waals surface area contributed by atoms with Gasteiger partial charge in [0.2, 0.25) is 0 Å².